The minimum Gasteiger partial charge on any atom is -0.508 e. The van der Waals surface area contributed by atoms with Gasteiger partial charge in [-0.15, -0.1) is 0 Å². The van der Waals surface area contributed by atoms with Crippen LogP contribution >= 0.6 is 31.9 Å². The van der Waals surface area contributed by atoms with Gasteiger partial charge in [-0.2, -0.15) is 0 Å². The van der Waals surface area contributed by atoms with E-state index < -0.39 is 5.91 Å². The van der Waals surface area contributed by atoms with Crippen molar-refractivity contribution in [1.82, 2.24) is 0 Å². The molecule has 2 aromatic rings. The van der Waals surface area contributed by atoms with Gasteiger partial charge in [-0.05, 0) is 62.2 Å². The van der Waals surface area contributed by atoms with E-state index in [1.54, 1.807) is 12.1 Å². The Morgan fingerprint density at radius 3 is 2.30 bits per heavy atom. The smallest absolute Gasteiger partial charge is 0.259 e. The minimum absolute atomic E-state index is 0.0272. The summed E-state index contributed by atoms with van der Waals surface area (Å²) in [6.45, 7) is 0. The first-order valence-electron chi connectivity index (χ1n) is 5.46. The number of aromatic hydroxyl groups is 2. The largest absolute Gasteiger partial charge is 0.508 e. The van der Waals surface area contributed by atoms with Gasteiger partial charge in [0.1, 0.15) is 11.5 Å². The summed E-state index contributed by atoms with van der Waals surface area (Å²) in [5.41, 5.74) is 6.65. The molecule has 0 aliphatic heterocycles. The lowest BCUT2D eigenvalue weighted by Crippen LogP contribution is -2.13. The third-order valence-corrected chi connectivity index (χ3v) is 3.78. The van der Waals surface area contributed by atoms with Crippen molar-refractivity contribution in [1.29, 1.82) is 0 Å². The van der Waals surface area contributed by atoms with Gasteiger partial charge >= 0.3 is 0 Å². The summed E-state index contributed by atoms with van der Waals surface area (Å²) in [6.07, 6.45) is 0. The van der Waals surface area contributed by atoms with E-state index >= 15 is 0 Å². The van der Waals surface area contributed by atoms with Crippen molar-refractivity contribution in [3.8, 4) is 11.5 Å². The van der Waals surface area contributed by atoms with Gasteiger partial charge in [0.25, 0.3) is 5.91 Å². The molecule has 0 aliphatic carbocycles. The lowest BCUT2D eigenvalue weighted by molar-refractivity contribution is 0.102. The number of hydrogen-bond donors (Lipinski definition) is 4. The van der Waals surface area contributed by atoms with Gasteiger partial charge in [-0.25, -0.2) is 0 Å². The first-order chi connectivity index (χ1) is 9.38. The number of benzene rings is 2. The predicted molar refractivity (Wildman–Crippen MR) is 84.0 cm³/mol. The van der Waals surface area contributed by atoms with E-state index in [1.165, 1.54) is 18.2 Å². The van der Waals surface area contributed by atoms with Crippen LogP contribution in [-0.4, -0.2) is 16.1 Å². The molecule has 0 radical (unpaired) electrons. The third-order valence-electron chi connectivity index (χ3n) is 2.53. The molecule has 0 heterocycles. The lowest BCUT2D eigenvalue weighted by atomic mass is 10.1. The zero-order valence-electron chi connectivity index (χ0n) is 10.0. The van der Waals surface area contributed by atoms with E-state index in [4.69, 9.17) is 5.73 Å². The Kier molecular flexibility index (Phi) is 4.20. The monoisotopic (exact) mass is 400 g/mol. The summed E-state index contributed by atoms with van der Waals surface area (Å²) < 4.78 is 1.19. The van der Waals surface area contributed by atoms with Crippen LogP contribution in [0.1, 0.15) is 10.4 Å². The number of nitrogens with one attached hydrogen (secondary N) is 1. The maximum Gasteiger partial charge on any atom is 0.259 e. The van der Waals surface area contributed by atoms with E-state index in [2.05, 4.69) is 37.2 Å². The lowest BCUT2D eigenvalue weighted by Gasteiger charge is -2.11. The number of nitrogens with two attached hydrogens (primary N) is 1. The number of rotatable bonds is 2. The second-order valence-corrected chi connectivity index (χ2v) is 5.72. The van der Waals surface area contributed by atoms with Gasteiger partial charge in [-0.3, -0.25) is 4.79 Å². The highest BCUT2D eigenvalue weighted by Crippen LogP contribution is 2.34. The molecular formula is C13H10Br2N2O3. The molecule has 0 aromatic heterocycles. The fraction of sp³-hybridized carbons (Fsp3) is 0. The standard InChI is InChI=1S/C13H10Br2N2O3/c14-9-3-6(16)4-10(15)12(9)17-13(20)8-5-7(18)1-2-11(8)19/h1-5,18-19H,16H2,(H,17,20). The second kappa shape index (κ2) is 5.72. The van der Waals surface area contributed by atoms with Crippen molar-refractivity contribution in [2.24, 2.45) is 0 Å². The molecule has 20 heavy (non-hydrogen) atoms. The van der Waals surface area contributed by atoms with E-state index in [-0.39, 0.29) is 17.1 Å². The van der Waals surface area contributed by atoms with Crippen LogP contribution in [0.25, 0.3) is 0 Å². The number of amides is 1. The SMILES string of the molecule is Nc1cc(Br)c(NC(=O)c2cc(O)ccc2O)c(Br)c1. The molecule has 0 fully saturated rings. The van der Waals surface area contributed by atoms with E-state index in [1.807, 2.05) is 0 Å². The quantitative estimate of drug-likeness (QED) is 0.457. The number of phenols is 2. The highest BCUT2D eigenvalue weighted by atomic mass is 79.9. The van der Waals surface area contributed by atoms with Crippen molar-refractivity contribution in [3.63, 3.8) is 0 Å². The number of carbonyl (C=O) groups is 1. The summed E-state index contributed by atoms with van der Waals surface area (Å²) in [6, 6.07) is 7.01. The van der Waals surface area contributed by atoms with Gasteiger partial charge in [0.05, 0.1) is 11.3 Å². The maximum atomic E-state index is 12.1. The summed E-state index contributed by atoms with van der Waals surface area (Å²) >= 11 is 6.59. The molecule has 0 saturated heterocycles. The van der Waals surface area contributed by atoms with Crippen LogP contribution in [0.4, 0.5) is 11.4 Å². The fourth-order valence-electron chi connectivity index (χ4n) is 1.60. The van der Waals surface area contributed by atoms with Crippen LogP contribution in [0.15, 0.2) is 39.3 Å². The minimum atomic E-state index is -0.551. The van der Waals surface area contributed by atoms with E-state index in [0.717, 1.165) is 0 Å². The molecule has 1 amide bonds. The molecule has 104 valence electrons. The molecule has 2 rings (SSSR count). The number of carbonyl (C=O) groups excluding carboxylic acids is 1. The van der Waals surface area contributed by atoms with Crippen molar-refractivity contribution < 1.29 is 15.0 Å². The van der Waals surface area contributed by atoms with Gasteiger partial charge in [0.15, 0.2) is 0 Å². The number of hydrogen-bond acceptors (Lipinski definition) is 4. The third kappa shape index (κ3) is 3.05. The average molecular weight is 402 g/mol. The summed E-state index contributed by atoms with van der Waals surface area (Å²) in [4.78, 5) is 12.1. The fourth-order valence-corrected chi connectivity index (χ4v) is 3.02. The van der Waals surface area contributed by atoms with Crippen LogP contribution in [0.3, 0.4) is 0 Å². The highest BCUT2D eigenvalue weighted by molar-refractivity contribution is 9.11. The van der Waals surface area contributed by atoms with E-state index in [0.29, 0.717) is 20.3 Å². The van der Waals surface area contributed by atoms with Crippen molar-refractivity contribution >= 4 is 49.1 Å². The number of phenolic OH excluding ortho intramolecular Hbond substituents is 2. The van der Waals surface area contributed by atoms with Gasteiger partial charge in [-0.1, -0.05) is 0 Å². The Hall–Kier alpha value is -1.73. The van der Waals surface area contributed by atoms with Gasteiger partial charge < -0.3 is 21.3 Å². The Morgan fingerprint density at radius 2 is 1.70 bits per heavy atom. The van der Waals surface area contributed by atoms with Crippen molar-refractivity contribution in [2.75, 3.05) is 11.1 Å². The second-order valence-electron chi connectivity index (χ2n) is 4.02. The molecular weight excluding hydrogens is 392 g/mol. The molecule has 0 bridgehead atoms. The predicted octanol–water partition coefficient (Wildman–Crippen LogP) is 3.46. The van der Waals surface area contributed by atoms with Crippen LogP contribution in [0.2, 0.25) is 0 Å². The molecule has 0 atom stereocenters. The van der Waals surface area contributed by atoms with Gasteiger partial charge in [0, 0.05) is 14.6 Å². The van der Waals surface area contributed by atoms with Gasteiger partial charge in [0.2, 0.25) is 0 Å². The van der Waals surface area contributed by atoms with Crippen LogP contribution < -0.4 is 11.1 Å². The number of anilines is 2. The zero-order chi connectivity index (χ0) is 14.9. The van der Waals surface area contributed by atoms with Crippen LogP contribution in [0.5, 0.6) is 11.5 Å². The molecule has 5 N–H and O–H groups in total. The summed E-state index contributed by atoms with van der Waals surface area (Å²) in [5, 5.41) is 21.7. The Morgan fingerprint density at radius 1 is 1.10 bits per heavy atom. The van der Waals surface area contributed by atoms with E-state index in [9.17, 15) is 15.0 Å². The summed E-state index contributed by atoms with van der Waals surface area (Å²) in [7, 11) is 0. The average Bonchev–Trinajstić information content (AvgIpc) is 2.36. The number of nitrogen functional groups attached to an aromatic ring is 1. The molecule has 5 nitrogen and oxygen atoms in total. The molecule has 0 spiro atoms. The zero-order valence-corrected chi connectivity index (χ0v) is 13.2. The highest BCUT2D eigenvalue weighted by Gasteiger charge is 2.15. The maximum absolute atomic E-state index is 12.1. The van der Waals surface area contributed by atoms with Crippen LogP contribution in [0, 0.1) is 0 Å². The Bertz CT molecular complexity index is 666. The topological polar surface area (TPSA) is 95.6 Å². The molecule has 0 saturated carbocycles. The Balaban J connectivity index is 2.35. The normalized spacial score (nSPS) is 10.3. The molecule has 0 aliphatic rings. The van der Waals surface area contributed by atoms with Crippen LogP contribution in [-0.2, 0) is 0 Å². The first-order valence-corrected chi connectivity index (χ1v) is 7.05. The number of halogens is 2. The molecule has 0 unspecified atom stereocenters. The first kappa shape index (κ1) is 14.7. The van der Waals surface area contributed by atoms with Crippen molar-refractivity contribution in [3.05, 3.63) is 44.8 Å². The molecule has 7 heteroatoms. The molecule has 2 aromatic carbocycles. The summed E-state index contributed by atoms with van der Waals surface area (Å²) in [5.74, 6) is -0.879. The van der Waals surface area contributed by atoms with Crippen molar-refractivity contribution in [2.45, 2.75) is 0 Å². The Labute approximate surface area is 131 Å².